The Kier molecular flexibility index (Phi) is 4.63. The van der Waals surface area contributed by atoms with E-state index < -0.39 is 0 Å². The van der Waals surface area contributed by atoms with Gasteiger partial charge in [-0.15, -0.1) is 0 Å². The smallest absolute Gasteiger partial charge is 0.0183 e. The standard InChI is InChI=1S/C12H24N2/c1-9(2)10(3)5-13-6-11(4)12-7-14-8-12/h9-10,13-14H,5-8H2,1-4H3. The summed E-state index contributed by atoms with van der Waals surface area (Å²) in [5.74, 6) is 1.55. The molecule has 0 aliphatic carbocycles. The van der Waals surface area contributed by atoms with Gasteiger partial charge < -0.3 is 10.6 Å². The maximum atomic E-state index is 3.53. The van der Waals surface area contributed by atoms with Crippen LogP contribution in [0.15, 0.2) is 11.1 Å². The molecule has 1 aliphatic heterocycles. The Morgan fingerprint density at radius 2 is 2.00 bits per heavy atom. The molecule has 0 amide bonds. The number of hydrogen-bond acceptors (Lipinski definition) is 2. The second kappa shape index (κ2) is 5.52. The average Bonchev–Trinajstić information content (AvgIpc) is 2.00. The van der Waals surface area contributed by atoms with E-state index in [2.05, 4.69) is 38.3 Å². The molecule has 0 aromatic rings. The monoisotopic (exact) mass is 196 g/mol. The molecule has 14 heavy (non-hydrogen) atoms. The molecule has 0 aromatic heterocycles. The summed E-state index contributed by atoms with van der Waals surface area (Å²) < 4.78 is 0. The van der Waals surface area contributed by atoms with Gasteiger partial charge in [0, 0.05) is 19.6 Å². The van der Waals surface area contributed by atoms with Gasteiger partial charge in [-0.05, 0) is 30.9 Å². The van der Waals surface area contributed by atoms with Gasteiger partial charge in [0.15, 0.2) is 0 Å². The molecule has 1 heterocycles. The van der Waals surface area contributed by atoms with E-state index in [1.807, 2.05) is 0 Å². The highest BCUT2D eigenvalue weighted by atomic mass is 14.9. The van der Waals surface area contributed by atoms with Gasteiger partial charge in [-0.25, -0.2) is 0 Å². The molecule has 2 N–H and O–H groups in total. The summed E-state index contributed by atoms with van der Waals surface area (Å²) in [6.07, 6.45) is 0. The molecular weight excluding hydrogens is 172 g/mol. The lowest BCUT2D eigenvalue weighted by Crippen LogP contribution is -2.36. The zero-order chi connectivity index (χ0) is 10.6. The molecule has 1 aliphatic rings. The van der Waals surface area contributed by atoms with Crippen LogP contribution in [0.5, 0.6) is 0 Å². The highest BCUT2D eigenvalue weighted by molar-refractivity contribution is 5.22. The fraction of sp³-hybridized carbons (Fsp3) is 0.833. The molecule has 0 aromatic carbocycles. The van der Waals surface area contributed by atoms with E-state index in [1.165, 1.54) is 5.57 Å². The lowest BCUT2D eigenvalue weighted by Gasteiger charge is -2.23. The van der Waals surface area contributed by atoms with Crippen LogP contribution >= 0.6 is 0 Å². The second-order valence-electron chi connectivity index (χ2n) is 4.84. The molecule has 0 spiro atoms. The molecular formula is C12H24N2. The van der Waals surface area contributed by atoms with Crippen molar-refractivity contribution in [3.05, 3.63) is 11.1 Å². The lowest BCUT2D eigenvalue weighted by molar-refractivity contribution is 0.398. The van der Waals surface area contributed by atoms with Crippen molar-refractivity contribution in [2.45, 2.75) is 27.7 Å². The van der Waals surface area contributed by atoms with Gasteiger partial charge in [-0.1, -0.05) is 26.3 Å². The molecule has 0 bridgehead atoms. The third-order valence-corrected chi connectivity index (χ3v) is 3.27. The summed E-state index contributed by atoms with van der Waals surface area (Å²) in [4.78, 5) is 0. The van der Waals surface area contributed by atoms with E-state index in [1.54, 1.807) is 5.57 Å². The van der Waals surface area contributed by atoms with Crippen molar-refractivity contribution in [1.29, 1.82) is 0 Å². The van der Waals surface area contributed by atoms with Crippen LogP contribution in [0.2, 0.25) is 0 Å². The maximum absolute atomic E-state index is 3.53. The van der Waals surface area contributed by atoms with E-state index in [9.17, 15) is 0 Å². The zero-order valence-electron chi connectivity index (χ0n) is 9.98. The van der Waals surface area contributed by atoms with Crippen LogP contribution in [0.3, 0.4) is 0 Å². The molecule has 2 heteroatoms. The molecule has 0 saturated carbocycles. The van der Waals surface area contributed by atoms with Crippen LogP contribution in [0.1, 0.15) is 27.7 Å². The molecule has 1 unspecified atom stereocenters. The first kappa shape index (κ1) is 11.7. The minimum atomic E-state index is 0.771. The maximum Gasteiger partial charge on any atom is 0.0183 e. The molecule has 0 radical (unpaired) electrons. The summed E-state index contributed by atoms with van der Waals surface area (Å²) in [5.41, 5.74) is 3.12. The fourth-order valence-electron chi connectivity index (χ4n) is 1.40. The van der Waals surface area contributed by atoms with Crippen LogP contribution in [-0.2, 0) is 0 Å². The average molecular weight is 196 g/mol. The largest absolute Gasteiger partial charge is 0.313 e. The van der Waals surface area contributed by atoms with Gasteiger partial charge >= 0.3 is 0 Å². The van der Waals surface area contributed by atoms with Crippen molar-refractivity contribution in [2.75, 3.05) is 26.2 Å². The third-order valence-electron chi connectivity index (χ3n) is 3.27. The van der Waals surface area contributed by atoms with E-state index in [4.69, 9.17) is 0 Å². The lowest BCUT2D eigenvalue weighted by atomic mass is 9.98. The van der Waals surface area contributed by atoms with E-state index in [0.717, 1.165) is 38.0 Å². The first-order valence-corrected chi connectivity index (χ1v) is 5.70. The Hall–Kier alpha value is -0.340. The fourth-order valence-corrected chi connectivity index (χ4v) is 1.40. The highest BCUT2D eigenvalue weighted by Crippen LogP contribution is 2.09. The molecule has 1 saturated heterocycles. The van der Waals surface area contributed by atoms with Gasteiger partial charge in [0.05, 0.1) is 0 Å². The Morgan fingerprint density at radius 1 is 1.36 bits per heavy atom. The topological polar surface area (TPSA) is 24.1 Å². The Labute approximate surface area is 88.2 Å². The Balaban J connectivity index is 2.15. The van der Waals surface area contributed by atoms with Crippen molar-refractivity contribution >= 4 is 0 Å². The minimum Gasteiger partial charge on any atom is -0.313 e. The number of rotatable bonds is 5. The predicted molar refractivity (Wildman–Crippen MR) is 62.4 cm³/mol. The zero-order valence-corrected chi connectivity index (χ0v) is 9.98. The van der Waals surface area contributed by atoms with E-state index >= 15 is 0 Å². The van der Waals surface area contributed by atoms with Crippen LogP contribution in [-0.4, -0.2) is 26.2 Å². The van der Waals surface area contributed by atoms with Gasteiger partial charge in [0.25, 0.3) is 0 Å². The number of nitrogens with one attached hydrogen (secondary N) is 2. The van der Waals surface area contributed by atoms with Crippen molar-refractivity contribution in [3.63, 3.8) is 0 Å². The van der Waals surface area contributed by atoms with Gasteiger partial charge in [0.1, 0.15) is 0 Å². The molecule has 1 rings (SSSR count). The van der Waals surface area contributed by atoms with Gasteiger partial charge in [-0.3, -0.25) is 0 Å². The van der Waals surface area contributed by atoms with Crippen LogP contribution in [0.25, 0.3) is 0 Å². The number of hydrogen-bond donors (Lipinski definition) is 2. The van der Waals surface area contributed by atoms with Crippen LogP contribution in [0.4, 0.5) is 0 Å². The summed E-state index contributed by atoms with van der Waals surface area (Å²) in [6.45, 7) is 13.5. The highest BCUT2D eigenvalue weighted by Gasteiger charge is 2.11. The Bertz CT molecular complexity index is 200. The van der Waals surface area contributed by atoms with Crippen molar-refractivity contribution in [3.8, 4) is 0 Å². The third kappa shape index (κ3) is 3.43. The molecule has 1 fully saturated rings. The summed E-state index contributed by atoms with van der Waals surface area (Å²) in [5, 5.41) is 6.80. The van der Waals surface area contributed by atoms with E-state index in [-0.39, 0.29) is 0 Å². The van der Waals surface area contributed by atoms with E-state index in [0.29, 0.717) is 0 Å². The summed E-state index contributed by atoms with van der Waals surface area (Å²) in [7, 11) is 0. The SMILES string of the molecule is CC(CNCC(C)C(C)C)=C1CNC1. The van der Waals surface area contributed by atoms with Gasteiger partial charge in [0.2, 0.25) is 0 Å². The molecule has 2 nitrogen and oxygen atoms in total. The molecule has 1 atom stereocenters. The minimum absolute atomic E-state index is 0.771. The van der Waals surface area contributed by atoms with Crippen molar-refractivity contribution in [2.24, 2.45) is 11.8 Å². The Morgan fingerprint density at radius 3 is 2.43 bits per heavy atom. The van der Waals surface area contributed by atoms with Crippen LogP contribution in [0, 0.1) is 11.8 Å². The quantitative estimate of drug-likeness (QED) is 0.655. The summed E-state index contributed by atoms with van der Waals surface area (Å²) in [6, 6.07) is 0. The van der Waals surface area contributed by atoms with Crippen molar-refractivity contribution < 1.29 is 0 Å². The van der Waals surface area contributed by atoms with Gasteiger partial charge in [-0.2, -0.15) is 0 Å². The van der Waals surface area contributed by atoms with Crippen molar-refractivity contribution in [1.82, 2.24) is 10.6 Å². The first-order chi connectivity index (χ1) is 6.61. The second-order valence-corrected chi connectivity index (χ2v) is 4.84. The van der Waals surface area contributed by atoms with Crippen LogP contribution < -0.4 is 10.6 Å². The predicted octanol–water partition coefficient (Wildman–Crippen LogP) is 1.79. The summed E-state index contributed by atoms with van der Waals surface area (Å²) >= 11 is 0. The molecule has 82 valence electrons. The normalized spacial score (nSPS) is 18.2. The first-order valence-electron chi connectivity index (χ1n) is 5.70.